The van der Waals surface area contributed by atoms with Crippen LogP contribution in [0.1, 0.15) is 47.0 Å². The van der Waals surface area contributed by atoms with Gasteiger partial charge >= 0.3 is 0 Å². The molecule has 100 valence electrons. The van der Waals surface area contributed by atoms with E-state index in [1.807, 2.05) is 0 Å². The van der Waals surface area contributed by atoms with Gasteiger partial charge in [-0.25, -0.2) is 0 Å². The van der Waals surface area contributed by atoms with Crippen LogP contribution in [0.5, 0.6) is 0 Å². The Bertz CT molecular complexity index is 234. The van der Waals surface area contributed by atoms with Crippen LogP contribution in [0.4, 0.5) is 0 Å². The number of nitrogens with one attached hydrogen (secondary N) is 1. The Morgan fingerprint density at radius 2 is 2.12 bits per heavy atom. The lowest BCUT2D eigenvalue weighted by molar-refractivity contribution is -0.136. The highest BCUT2D eigenvalue weighted by atomic mass is 16.2. The maximum absolute atomic E-state index is 12.4. The maximum Gasteiger partial charge on any atom is 0.225 e. The van der Waals surface area contributed by atoms with Crippen LogP contribution < -0.4 is 5.32 Å². The van der Waals surface area contributed by atoms with Crippen LogP contribution in [0.3, 0.4) is 0 Å². The first kappa shape index (κ1) is 14.5. The lowest BCUT2D eigenvalue weighted by Crippen LogP contribution is -2.44. The third kappa shape index (κ3) is 4.30. The molecule has 1 fully saturated rings. The standard InChI is InChI=1S/C14H28N2O/c1-5-9-16(10-13-7-6-8-15-13)14(17)12(4)11(2)3/h11-13,15H,5-10H2,1-4H3. The molecule has 0 aliphatic carbocycles. The molecule has 3 nitrogen and oxygen atoms in total. The fourth-order valence-corrected chi connectivity index (χ4v) is 2.31. The summed E-state index contributed by atoms with van der Waals surface area (Å²) in [6.45, 7) is 11.3. The minimum absolute atomic E-state index is 0.142. The zero-order valence-corrected chi connectivity index (χ0v) is 11.8. The first-order valence-electron chi connectivity index (χ1n) is 7.08. The zero-order chi connectivity index (χ0) is 12.8. The van der Waals surface area contributed by atoms with Gasteiger partial charge in [0.2, 0.25) is 5.91 Å². The van der Waals surface area contributed by atoms with Crippen molar-refractivity contribution in [3.8, 4) is 0 Å². The van der Waals surface area contributed by atoms with E-state index in [-0.39, 0.29) is 5.92 Å². The Morgan fingerprint density at radius 3 is 2.59 bits per heavy atom. The maximum atomic E-state index is 12.4. The first-order chi connectivity index (χ1) is 8.06. The topological polar surface area (TPSA) is 32.3 Å². The molecule has 0 aromatic carbocycles. The van der Waals surface area contributed by atoms with E-state index in [2.05, 4.69) is 37.9 Å². The number of amides is 1. The molecule has 1 amide bonds. The van der Waals surface area contributed by atoms with Crippen LogP contribution in [0, 0.1) is 11.8 Å². The molecule has 1 aliphatic heterocycles. The molecule has 0 aromatic rings. The number of carbonyl (C=O) groups excluding carboxylic acids is 1. The lowest BCUT2D eigenvalue weighted by Gasteiger charge is -2.29. The summed E-state index contributed by atoms with van der Waals surface area (Å²) in [5, 5.41) is 3.47. The Hall–Kier alpha value is -0.570. The normalized spacial score (nSPS) is 21.8. The van der Waals surface area contributed by atoms with Crippen molar-refractivity contribution < 1.29 is 4.79 Å². The number of carbonyl (C=O) groups is 1. The summed E-state index contributed by atoms with van der Waals surface area (Å²) >= 11 is 0. The predicted octanol–water partition coefficient (Wildman–Crippen LogP) is 2.27. The van der Waals surface area contributed by atoms with Crippen molar-refractivity contribution in [1.29, 1.82) is 0 Å². The monoisotopic (exact) mass is 240 g/mol. The second-order valence-electron chi connectivity index (χ2n) is 5.61. The first-order valence-corrected chi connectivity index (χ1v) is 7.08. The molecule has 1 aliphatic rings. The molecule has 2 unspecified atom stereocenters. The molecule has 2 atom stereocenters. The van der Waals surface area contributed by atoms with E-state index in [0.29, 0.717) is 17.9 Å². The average molecular weight is 240 g/mol. The summed E-state index contributed by atoms with van der Waals surface area (Å²) in [5.41, 5.74) is 0. The molecule has 0 aromatic heterocycles. The molecule has 17 heavy (non-hydrogen) atoms. The van der Waals surface area contributed by atoms with Gasteiger partial charge in [0.1, 0.15) is 0 Å². The fourth-order valence-electron chi connectivity index (χ4n) is 2.31. The highest BCUT2D eigenvalue weighted by Gasteiger charge is 2.25. The summed E-state index contributed by atoms with van der Waals surface area (Å²) in [4.78, 5) is 14.4. The Labute approximate surface area is 106 Å². The minimum atomic E-state index is 0.142. The quantitative estimate of drug-likeness (QED) is 0.772. The van der Waals surface area contributed by atoms with E-state index in [1.54, 1.807) is 0 Å². The van der Waals surface area contributed by atoms with Gasteiger partial charge in [-0.1, -0.05) is 27.7 Å². The highest BCUT2D eigenvalue weighted by molar-refractivity contribution is 5.78. The van der Waals surface area contributed by atoms with Crippen molar-refractivity contribution >= 4 is 5.91 Å². The van der Waals surface area contributed by atoms with Crippen molar-refractivity contribution in [3.05, 3.63) is 0 Å². The third-order valence-corrected chi connectivity index (χ3v) is 3.80. The number of nitrogens with zero attached hydrogens (tertiary/aromatic N) is 1. The van der Waals surface area contributed by atoms with Crippen molar-refractivity contribution in [1.82, 2.24) is 10.2 Å². The van der Waals surface area contributed by atoms with Gasteiger partial charge in [0, 0.05) is 25.0 Å². The lowest BCUT2D eigenvalue weighted by atomic mass is 9.96. The smallest absolute Gasteiger partial charge is 0.225 e. The van der Waals surface area contributed by atoms with Crippen LogP contribution in [0.15, 0.2) is 0 Å². The summed E-state index contributed by atoms with van der Waals surface area (Å²) < 4.78 is 0. The molecule has 1 saturated heterocycles. The van der Waals surface area contributed by atoms with E-state index >= 15 is 0 Å². The van der Waals surface area contributed by atoms with Crippen molar-refractivity contribution in [2.75, 3.05) is 19.6 Å². The molecule has 3 heteroatoms. The second-order valence-corrected chi connectivity index (χ2v) is 5.61. The highest BCUT2D eigenvalue weighted by Crippen LogP contribution is 2.15. The molecule has 0 radical (unpaired) electrons. The molecule has 0 saturated carbocycles. The van der Waals surface area contributed by atoms with Gasteiger partial charge in [0.05, 0.1) is 0 Å². The van der Waals surface area contributed by atoms with E-state index < -0.39 is 0 Å². The average Bonchev–Trinajstić information content (AvgIpc) is 2.79. The second kappa shape index (κ2) is 7.00. The largest absolute Gasteiger partial charge is 0.341 e. The summed E-state index contributed by atoms with van der Waals surface area (Å²) in [6, 6.07) is 0.518. The zero-order valence-electron chi connectivity index (χ0n) is 11.8. The molecule has 1 heterocycles. The molecular weight excluding hydrogens is 212 g/mol. The van der Waals surface area contributed by atoms with Crippen LogP contribution in [-0.2, 0) is 4.79 Å². The minimum Gasteiger partial charge on any atom is -0.341 e. The van der Waals surface area contributed by atoms with Gasteiger partial charge in [0.25, 0.3) is 0 Å². The Morgan fingerprint density at radius 1 is 1.41 bits per heavy atom. The summed E-state index contributed by atoms with van der Waals surface area (Å²) in [5.74, 6) is 0.900. The van der Waals surface area contributed by atoms with E-state index in [1.165, 1.54) is 12.8 Å². The van der Waals surface area contributed by atoms with Crippen LogP contribution >= 0.6 is 0 Å². The van der Waals surface area contributed by atoms with Gasteiger partial charge in [-0.05, 0) is 31.7 Å². The van der Waals surface area contributed by atoms with Gasteiger partial charge in [-0.15, -0.1) is 0 Å². The number of rotatable bonds is 6. The summed E-state index contributed by atoms with van der Waals surface area (Å²) in [6.07, 6.45) is 3.51. The van der Waals surface area contributed by atoms with E-state index in [4.69, 9.17) is 0 Å². The van der Waals surface area contributed by atoms with Gasteiger partial charge < -0.3 is 10.2 Å². The van der Waals surface area contributed by atoms with Crippen molar-refractivity contribution in [2.45, 2.75) is 53.0 Å². The van der Waals surface area contributed by atoms with Crippen molar-refractivity contribution in [3.63, 3.8) is 0 Å². The van der Waals surface area contributed by atoms with Crippen LogP contribution in [-0.4, -0.2) is 36.5 Å². The molecule has 0 bridgehead atoms. The number of hydrogen-bond acceptors (Lipinski definition) is 2. The van der Waals surface area contributed by atoms with Crippen LogP contribution in [0.25, 0.3) is 0 Å². The van der Waals surface area contributed by atoms with Gasteiger partial charge in [0.15, 0.2) is 0 Å². The predicted molar refractivity (Wildman–Crippen MR) is 71.9 cm³/mol. The van der Waals surface area contributed by atoms with E-state index in [9.17, 15) is 4.79 Å². The molecule has 1 N–H and O–H groups in total. The van der Waals surface area contributed by atoms with E-state index in [0.717, 1.165) is 26.1 Å². The third-order valence-electron chi connectivity index (χ3n) is 3.80. The Kier molecular flexibility index (Phi) is 5.96. The van der Waals surface area contributed by atoms with Crippen LogP contribution in [0.2, 0.25) is 0 Å². The molecular formula is C14H28N2O. The number of hydrogen-bond donors (Lipinski definition) is 1. The SMILES string of the molecule is CCCN(CC1CCCN1)C(=O)C(C)C(C)C. The van der Waals surface area contributed by atoms with Gasteiger partial charge in [-0.3, -0.25) is 4.79 Å². The molecule has 1 rings (SSSR count). The molecule has 0 spiro atoms. The summed E-state index contributed by atoms with van der Waals surface area (Å²) in [7, 11) is 0. The Balaban J connectivity index is 2.53. The fraction of sp³-hybridized carbons (Fsp3) is 0.929. The van der Waals surface area contributed by atoms with Gasteiger partial charge in [-0.2, -0.15) is 0 Å². The van der Waals surface area contributed by atoms with Crippen molar-refractivity contribution in [2.24, 2.45) is 11.8 Å².